The van der Waals surface area contributed by atoms with Crippen LogP contribution in [0.5, 0.6) is 0 Å². The summed E-state index contributed by atoms with van der Waals surface area (Å²) in [5.74, 6) is 0. The van der Waals surface area contributed by atoms with Crippen LogP contribution < -0.4 is 51.4 Å². The van der Waals surface area contributed by atoms with Gasteiger partial charge in [0.1, 0.15) is 0 Å². The van der Waals surface area contributed by atoms with Gasteiger partial charge in [-0.3, -0.25) is 0 Å². The van der Waals surface area contributed by atoms with Gasteiger partial charge in [0, 0.05) is 6.61 Å². The summed E-state index contributed by atoms with van der Waals surface area (Å²) in [6.45, 7) is 2.63. The van der Waals surface area contributed by atoms with Crippen LogP contribution in [0.15, 0.2) is 0 Å². The molecular weight excluding hydrogens is 294 g/mol. The normalized spacial score (nSPS) is 10.4. The molecule has 0 aliphatic carbocycles. The van der Waals surface area contributed by atoms with Crippen molar-refractivity contribution in [3.63, 3.8) is 0 Å². The van der Waals surface area contributed by atoms with Crippen LogP contribution in [0.2, 0.25) is 0 Å². The molecule has 0 saturated carbocycles. The maximum Gasteiger partial charge on any atom is 1.00 e. The molecule has 4 N–H and O–H groups in total. The molecular formula is C12H30KO5P. The van der Waals surface area contributed by atoms with E-state index in [2.05, 4.69) is 6.92 Å². The third kappa shape index (κ3) is 45.1. The van der Waals surface area contributed by atoms with Crippen LogP contribution in [-0.2, 0) is 4.57 Å². The summed E-state index contributed by atoms with van der Waals surface area (Å²) in [6, 6.07) is 0. The second-order valence-corrected chi connectivity index (χ2v) is 5.45. The Kier molecular flexibility index (Phi) is 26.6. The minimum atomic E-state index is -4.64. The number of aliphatic hydroxyl groups is 1. The molecule has 0 fully saturated rings. The molecule has 0 aliphatic heterocycles. The molecule has 114 valence electrons. The zero-order valence-corrected chi connectivity index (χ0v) is 16.4. The predicted molar refractivity (Wildman–Crippen MR) is 74.3 cm³/mol. The van der Waals surface area contributed by atoms with E-state index in [4.69, 9.17) is 24.4 Å². The van der Waals surface area contributed by atoms with Crippen LogP contribution in [-0.4, -0.2) is 26.4 Å². The van der Waals surface area contributed by atoms with Gasteiger partial charge in [-0.1, -0.05) is 64.7 Å². The van der Waals surface area contributed by atoms with Gasteiger partial charge in [-0.2, -0.15) is 0 Å². The first kappa shape index (κ1) is 25.6. The number of hydrogen-bond acceptors (Lipinski definition) is 2. The first-order chi connectivity index (χ1) is 8.41. The molecule has 5 nitrogen and oxygen atoms in total. The third-order valence-electron chi connectivity index (χ3n) is 2.51. The summed E-state index contributed by atoms with van der Waals surface area (Å²) in [4.78, 5) is 21.6. The number of unbranched alkanes of at least 4 members (excludes halogenated alkanes) is 9. The summed E-state index contributed by atoms with van der Waals surface area (Å²) >= 11 is 0. The Bertz CT molecular complexity index is 186. The van der Waals surface area contributed by atoms with Crippen LogP contribution in [0, 0.1) is 0 Å². The van der Waals surface area contributed by atoms with E-state index < -0.39 is 7.82 Å². The standard InChI is InChI=1S/C12H26O.K.H3O4P.H/c1-2-3-4-5-6-7-8-9-10-11-12-13;;1-5(2,3)4;/h13H,2-12H2,1H3;;(H3,1,2,3,4);/q;+1;;-1. The Morgan fingerprint density at radius 3 is 1.32 bits per heavy atom. The van der Waals surface area contributed by atoms with Gasteiger partial charge >= 0.3 is 59.2 Å². The second kappa shape index (κ2) is 19.7. The number of phosphoric acid groups is 1. The van der Waals surface area contributed by atoms with Crippen LogP contribution in [0.3, 0.4) is 0 Å². The Labute approximate surface area is 161 Å². The molecule has 0 aliphatic rings. The third-order valence-corrected chi connectivity index (χ3v) is 2.51. The molecule has 0 heterocycles. The number of rotatable bonds is 10. The summed E-state index contributed by atoms with van der Waals surface area (Å²) < 4.78 is 8.88. The van der Waals surface area contributed by atoms with E-state index in [1.54, 1.807) is 0 Å². The van der Waals surface area contributed by atoms with Crippen molar-refractivity contribution in [3.05, 3.63) is 0 Å². The smallest absolute Gasteiger partial charge is 1.00 e. The number of hydrogen-bond donors (Lipinski definition) is 4. The summed E-state index contributed by atoms with van der Waals surface area (Å²) in [6.07, 6.45) is 13.3. The molecule has 0 spiro atoms. The molecule has 0 aromatic heterocycles. The van der Waals surface area contributed by atoms with Gasteiger partial charge in [-0.25, -0.2) is 4.57 Å². The van der Waals surface area contributed by atoms with Crippen LogP contribution in [0.25, 0.3) is 0 Å². The molecule has 7 heteroatoms. The Morgan fingerprint density at radius 2 is 1.05 bits per heavy atom. The van der Waals surface area contributed by atoms with E-state index in [-0.39, 0.29) is 52.8 Å². The fourth-order valence-corrected chi connectivity index (χ4v) is 1.60. The van der Waals surface area contributed by atoms with E-state index >= 15 is 0 Å². The molecule has 0 unspecified atom stereocenters. The molecule has 19 heavy (non-hydrogen) atoms. The van der Waals surface area contributed by atoms with Crippen molar-refractivity contribution in [2.45, 2.75) is 71.1 Å². The Hall–Kier alpha value is 1.71. The van der Waals surface area contributed by atoms with Crippen molar-refractivity contribution >= 4 is 7.82 Å². The number of aliphatic hydroxyl groups excluding tert-OH is 1. The minimum Gasteiger partial charge on any atom is -1.00 e. The van der Waals surface area contributed by atoms with Gasteiger partial charge in [0.2, 0.25) is 0 Å². The van der Waals surface area contributed by atoms with Crippen LogP contribution in [0.4, 0.5) is 0 Å². The van der Waals surface area contributed by atoms with Crippen molar-refractivity contribution in [1.82, 2.24) is 0 Å². The Morgan fingerprint density at radius 1 is 0.789 bits per heavy atom. The van der Waals surface area contributed by atoms with Crippen molar-refractivity contribution in [3.8, 4) is 0 Å². The Balaban J connectivity index is -0.000000158. The summed E-state index contributed by atoms with van der Waals surface area (Å²) in [7, 11) is -4.64. The van der Waals surface area contributed by atoms with Crippen LogP contribution >= 0.6 is 7.82 Å². The maximum atomic E-state index is 8.88. The second-order valence-electron chi connectivity index (χ2n) is 4.42. The fraction of sp³-hybridized carbons (Fsp3) is 1.00. The largest absolute Gasteiger partial charge is 1.00 e. The monoisotopic (exact) mass is 324 g/mol. The van der Waals surface area contributed by atoms with Crippen molar-refractivity contribution in [2.24, 2.45) is 0 Å². The van der Waals surface area contributed by atoms with Crippen LogP contribution in [0.1, 0.15) is 72.6 Å². The average molecular weight is 324 g/mol. The average Bonchev–Trinajstić information content (AvgIpc) is 2.25. The SMILES string of the molecule is CCCCCCCCCCCCO.O=P(O)(O)O.[H-].[K+]. The van der Waals surface area contributed by atoms with E-state index in [0.29, 0.717) is 6.61 Å². The summed E-state index contributed by atoms with van der Waals surface area (Å²) in [5.41, 5.74) is 0. The molecule has 0 aromatic rings. The molecule has 0 atom stereocenters. The van der Waals surface area contributed by atoms with Crippen molar-refractivity contribution in [2.75, 3.05) is 6.61 Å². The van der Waals surface area contributed by atoms with E-state index in [0.717, 1.165) is 6.42 Å². The van der Waals surface area contributed by atoms with Gasteiger partial charge in [-0.15, -0.1) is 0 Å². The molecule has 0 bridgehead atoms. The van der Waals surface area contributed by atoms with Gasteiger partial charge in [-0.05, 0) is 6.42 Å². The van der Waals surface area contributed by atoms with Crippen molar-refractivity contribution in [1.29, 1.82) is 0 Å². The van der Waals surface area contributed by atoms with Crippen molar-refractivity contribution < 1.29 is 77.2 Å². The predicted octanol–water partition coefficient (Wildman–Crippen LogP) is 0.0875. The molecule has 0 radical (unpaired) electrons. The minimum absolute atomic E-state index is 0. The molecule has 0 rings (SSSR count). The van der Waals surface area contributed by atoms with Gasteiger partial charge in [0.15, 0.2) is 0 Å². The van der Waals surface area contributed by atoms with E-state index in [1.165, 1.54) is 57.8 Å². The van der Waals surface area contributed by atoms with E-state index in [9.17, 15) is 0 Å². The summed E-state index contributed by atoms with van der Waals surface area (Å²) in [5, 5.41) is 8.57. The topological polar surface area (TPSA) is 98.0 Å². The molecule has 0 saturated heterocycles. The zero-order chi connectivity index (χ0) is 14.3. The van der Waals surface area contributed by atoms with Gasteiger partial charge in [0.25, 0.3) is 0 Å². The quantitative estimate of drug-likeness (QED) is 0.259. The van der Waals surface area contributed by atoms with Gasteiger partial charge in [0.05, 0.1) is 0 Å². The van der Waals surface area contributed by atoms with E-state index in [1.807, 2.05) is 0 Å². The zero-order valence-electron chi connectivity index (χ0n) is 13.4. The van der Waals surface area contributed by atoms with Gasteiger partial charge < -0.3 is 21.2 Å². The first-order valence-corrected chi connectivity index (χ1v) is 8.37. The first-order valence-electron chi connectivity index (χ1n) is 6.81. The fourth-order valence-electron chi connectivity index (χ4n) is 1.60. The molecule has 0 aromatic carbocycles. The molecule has 0 amide bonds. The maximum absolute atomic E-state index is 8.88.